The van der Waals surface area contributed by atoms with Crippen molar-refractivity contribution in [3.63, 3.8) is 0 Å². The van der Waals surface area contributed by atoms with Crippen molar-refractivity contribution in [2.45, 2.75) is 33.0 Å². The van der Waals surface area contributed by atoms with Gasteiger partial charge in [-0.15, -0.1) is 0 Å². The average Bonchev–Trinajstić information content (AvgIpc) is 2.76. The van der Waals surface area contributed by atoms with Crippen LogP contribution in [0.3, 0.4) is 0 Å². The molecule has 2 amide bonds. The summed E-state index contributed by atoms with van der Waals surface area (Å²) in [6.07, 6.45) is 2.73. The maximum atomic E-state index is 12.3. The first-order chi connectivity index (χ1) is 14.8. The third kappa shape index (κ3) is 7.13. The molecule has 0 saturated carbocycles. The van der Waals surface area contributed by atoms with Gasteiger partial charge in [-0.3, -0.25) is 4.79 Å². The van der Waals surface area contributed by atoms with Crippen LogP contribution in [-0.2, 0) is 16.1 Å². The van der Waals surface area contributed by atoms with Gasteiger partial charge in [-0.25, -0.2) is 14.8 Å². The van der Waals surface area contributed by atoms with Gasteiger partial charge in [-0.05, 0) is 26.3 Å². The zero-order valence-electron chi connectivity index (χ0n) is 18.2. The van der Waals surface area contributed by atoms with Crippen molar-refractivity contribution in [3.8, 4) is 5.75 Å². The number of piperazine rings is 1. The van der Waals surface area contributed by atoms with Crippen LogP contribution in [0, 0.1) is 0 Å². The number of ether oxygens (including phenoxy) is 2. The first-order valence-electron chi connectivity index (χ1n) is 10.3. The van der Waals surface area contributed by atoms with E-state index < -0.39 is 11.7 Å². The lowest BCUT2D eigenvalue weighted by Gasteiger charge is -2.34. The highest BCUT2D eigenvalue weighted by Gasteiger charge is 2.23. The minimum absolute atomic E-state index is 0.0845. The number of carbonyl (C=O) groups excluding carboxylic acids is 2. The predicted molar refractivity (Wildman–Crippen MR) is 116 cm³/mol. The molecule has 0 spiro atoms. The molecule has 1 fully saturated rings. The van der Waals surface area contributed by atoms with Crippen LogP contribution < -0.4 is 15.0 Å². The maximum absolute atomic E-state index is 12.3. The van der Waals surface area contributed by atoms with Crippen LogP contribution >= 0.6 is 0 Å². The number of nitrogens with one attached hydrogen (secondary N) is 1. The summed E-state index contributed by atoms with van der Waals surface area (Å²) in [4.78, 5) is 36.5. The van der Waals surface area contributed by atoms with E-state index in [0.29, 0.717) is 44.5 Å². The number of alkyl carbamates (subject to hydrolysis) is 1. The minimum atomic E-state index is -0.596. The molecule has 9 nitrogen and oxygen atoms in total. The SMILES string of the molecule is CC(C)(C)OC(=O)NCC(=O)N1CCN(c2ncc(OCc3ccccc3)cn2)CC1. The molecule has 3 rings (SSSR count). The van der Waals surface area contributed by atoms with E-state index in [-0.39, 0.29) is 12.5 Å². The molecule has 9 heteroatoms. The summed E-state index contributed by atoms with van der Waals surface area (Å²) in [5, 5.41) is 2.50. The van der Waals surface area contributed by atoms with Gasteiger partial charge < -0.3 is 24.6 Å². The molecule has 1 saturated heterocycles. The second-order valence-electron chi connectivity index (χ2n) is 8.22. The van der Waals surface area contributed by atoms with Gasteiger partial charge in [0.1, 0.15) is 18.8 Å². The Kier molecular flexibility index (Phi) is 7.28. The van der Waals surface area contributed by atoms with Crippen LogP contribution in [-0.4, -0.2) is 65.2 Å². The second-order valence-corrected chi connectivity index (χ2v) is 8.22. The maximum Gasteiger partial charge on any atom is 0.408 e. The molecule has 1 aliphatic heterocycles. The molecule has 1 aromatic carbocycles. The van der Waals surface area contributed by atoms with Crippen molar-refractivity contribution in [2.24, 2.45) is 0 Å². The van der Waals surface area contributed by atoms with Gasteiger partial charge in [0.05, 0.1) is 12.4 Å². The molecule has 1 aromatic heterocycles. The van der Waals surface area contributed by atoms with Crippen molar-refractivity contribution in [3.05, 3.63) is 48.3 Å². The Morgan fingerprint density at radius 2 is 1.68 bits per heavy atom. The van der Waals surface area contributed by atoms with Crippen molar-refractivity contribution >= 4 is 17.9 Å². The van der Waals surface area contributed by atoms with E-state index in [0.717, 1.165) is 5.56 Å². The highest BCUT2D eigenvalue weighted by atomic mass is 16.6. The fourth-order valence-corrected chi connectivity index (χ4v) is 3.02. The molecule has 2 aromatic rings. The largest absolute Gasteiger partial charge is 0.486 e. The van der Waals surface area contributed by atoms with Crippen LogP contribution in [0.25, 0.3) is 0 Å². The Labute approximate surface area is 182 Å². The standard InChI is InChI=1S/C22H29N5O4/c1-22(2,3)31-21(29)25-15-19(28)26-9-11-27(12-10-26)20-23-13-18(14-24-20)30-16-17-7-5-4-6-8-17/h4-8,13-14H,9-12,15-16H2,1-3H3,(H,25,29). The Morgan fingerprint density at radius 3 is 2.29 bits per heavy atom. The Hall–Kier alpha value is -3.36. The summed E-state index contributed by atoms with van der Waals surface area (Å²) in [7, 11) is 0. The summed E-state index contributed by atoms with van der Waals surface area (Å²) in [5.41, 5.74) is 0.481. The summed E-state index contributed by atoms with van der Waals surface area (Å²) in [5.74, 6) is 1.07. The predicted octanol–water partition coefficient (Wildman–Crippen LogP) is 2.23. The molecule has 2 heterocycles. The van der Waals surface area contributed by atoms with Gasteiger partial charge in [0, 0.05) is 26.2 Å². The van der Waals surface area contributed by atoms with Crippen LogP contribution in [0.5, 0.6) is 5.75 Å². The van der Waals surface area contributed by atoms with Crippen LogP contribution in [0.15, 0.2) is 42.7 Å². The van der Waals surface area contributed by atoms with E-state index in [1.807, 2.05) is 35.2 Å². The number of amides is 2. The number of hydrogen-bond donors (Lipinski definition) is 1. The van der Waals surface area contributed by atoms with Crippen LogP contribution in [0.1, 0.15) is 26.3 Å². The zero-order valence-corrected chi connectivity index (χ0v) is 18.2. The fraction of sp³-hybridized carbons (Fsp3) is 0.455. The van der Waals surface area contributed by atoms with Crippen molar-refractivity contribution in [1.82, 2.24) is 20.2 Å². The lowest BCUT2D eigenvalue weighted by molar-refractivity contribution is -0.130. The third-order valence-electron chi connectivity index (χ3n) is 4.56. The van der Waals surface area contributed by atoms with Gasteiger partial charge in [-0.2, -0.15) is 0 Å². The Bertz CT molecular complexity index is 860. The van der Waals surface area contributed by atoms with Gasteiger partial charge in [-0.1, -0.05) is 30.3 Å². The third-order valence-corrected chi connectivity index (χ3v) is 4.56. The van der Waals surface area contributed by atoms with Gasteiger partial charge in [0.15, 0.2) is 5.75 Å². The van der Waals surface area contributed by atoms with E-state index in [4.69, 9.17) is 9.47 Å². The van der Waals surface area contributed by atoms with Gasteiger partial charge in [0.25, 0.3) is 0 Å². The lowest BCUT2D eigenvalue weighted by Crippen LogP contribution is -2.51. The molecule has 0 atom stereocenters. The first-order valence-corrected chi connectivity index (χ1v) is 10.3. The summed E-state index contributed by atoms with van der Waals surface area (Å²) in [6, 6.07) is 9.90. The number of rotatable bonds is 6. The number of hydrogen-bond acceptors (Lipinski definition) is 7. The molecule has 0 radical (unpaired) electrons. The molecule has 1 aliphatic rings. The molecule has 31 heavy (non-hydrogen) atoms. The zero-order chi connectivity index (χ0) is 22.3. The number of carbonyl (C=O) groups is 2. The minimum Gasteiger partial charge on any atom is -0.486 e. The van der Waals surface area contributed by atoms with Gasteiger partial charge >= 0.3 is 6.09 Å². The van der Waals surface area contributed by atoms with E-state index in [9.17, 15) is 9.59 Å². The highest BCUT2D eigenvalue weighted by molar-refractivity contribution is 5.82. The summed E-state index contributed by atoms with van der Waals surface area (Å²) in [6.45, 7) is 7.99. The van der Waals surface area contributed by atoms with E-state index in [1.54, 1.807) is 38.1 Å². The molecule has 0 bridgehead atoms. The van der Waals surface area contributed by atoms with Crippen molar-refractivity contribution in [2.75, 3.05) is 37.6 Å². The Morgan fingerprint density at radius 1 is 1.03 bits per heavy atom. The smallest absolute Gasteiger partial charge is 0.408 e. The number of anilines is 1. The highest BCUT2D eigenvalue weighted by Crippen LogP contribution is 2.15. The molecule has 0 aliphatic carbocycles. The molecule has 166 valence electrons. The van der Waals surface area contributed by atoms with E-state index in [1.165, 1.54) is 0 Å². The quantitative estimate of drug-likeness (QED) is 0.755. The molecular formula is C22H29N5O4. The number of nitrogens with zero attached hydrogens (tertiary/aromatic N) is 4. The van der Waals surface area contributed by atoms with E-state index in [2.05, 4.69) is 15.3 Å². The first kappa shape index (κ1) is 22.3. The number of aromatic nitrogens is 2. The normalized spacial score (nSPS) is 14.2. The average molecular weight is 428 g/mol. The van der Waals surface area contributed by atoms with Crippen molar-refractivity contribution in [1.29, 1.82) is 0 Å². The monoisotopic (exact) mass is 427 g/mol. The van der Waals surface area contributed by atoms with E-state index >= 15 is 0 Å². The Balaban J connectivity index is 1.41. The van der Waals surface area contributed by atoms with Crippen LogP contribution in [0.2, 0.25) is 0 Å². The lowest BCUT2D eigenvalue weighted by atomic mass is 10.2. The topological polar surface area (TPSA) is 96.9 Å². The fourth-order valence-electron chi connectivity index (χ4n) is 3.02. The van der Waals surface area contributed by atoms with Crippen molar-refractivity contribution < 1.29 is 19.1 Å². The summed E-state index contributed by atoms with van der Waals surface area (Å²) < 4.78 is 10.9. The van der Waals surface area contributed by atoms with Crippen LogP contribution in [0.4, 0.5) is 10.7 Å². The molecule has 0 unspecified atom stereocenters. The summed E-state index contributed by atoms with van der Waals surface area (Å²) >= 11 is 0. The number of benzene rings is 1. The molecule has 1 N–H and O–H groups in total. The van der Waals surface area contributed by atoms with Gasteiger partial charge in [0.2, 0.25) is 11.9 Å². The molecular weight excluding hydrogens is 398 g/mol. The second kappa shape index (κ2) is 10.1.